The van der Waals surface area contributed by atoms with E-state index in [1.54, 1.807) is 18.5 Å². The summed E-state index contributed by atoms with van der Waals surface area (Å²) in [5.41, 5.74) is 4.23. The summed E-state index contributed by atoms with van der Waals surface area (Å²) in [4.78, 5) is 40.5. The number of benzene rings is 1. The molecule has 1 aliphatic heterocycles. The van der Waals surface area contributed by atoms with E-state index in [9.17, 15) is 9.59 Å². The molecule has 1 aromatic carbocycles. The maximum absolute atomic E-state index is 13.1. The number of para-hydroxylation sites is 2. The standard InChI is InChI=1S/C25H25N5O3/c1-17-27-15-20(18-8-11-26-12-9-18)24(28-17)19-5-4-13-29(16-19)23(31)10-14-30-21-6-2-3-7-22(21)33-25(30)32/h2-3,6-9,11-12,15,19H,4-5,10,13-14,16H2,1H3. The van der Waals surface area contributed by atoms with Crippen LogP contribution in [0.25, 0.3) is 22.2 Å². The molecular formula is C25H25N5O3. The zero-order valence-electron chi connectivity index (χ0n) is 18.5. The third kappa shape index (κ3) is 4.28. The molecule has 0 bridgehead atoms. The summed E-state index contributed by atoms with van der Waals surface area (Å²) >= 11 is 0. The van der Waals surface area contributed by atoms with Gasteiger partial charge in [0.05, 0.1) is 11.2 Å². The number of amides is 1. The number of fused-ring (bicyclic) bond motifs is 1. The van der Waals surface area contributed by atoms with Crippen LogP contribution < -0.4 is 5.76 Å². The van der Waals surface area contributed by atoms with E-state index in [0.717, 1.165) is 35.5 Å². The second-order valence-electron chi connectivity index (χ2n) is 8.37. The number of aromatic nitrogens is 4. The van der Waals surface area contributed by atoms with Gasteiger partial charge in [0.2, 0.25) is 5.91 Å². The van der Waals surface area contributed by atoms with E-state index < -0.39 is 5.76 Å². The van der Waals surface area contributed by atoms with E-state index in [4.69, 9.17) is 9.40 Å². The fourth-order valence-corrected chi connectivity index (χ4v) is 4.57. The summed E-state index contributed by atoms with van der Waals surface area (Å²) in [6, 6.07) is 11.2. The predicted octanol–water partition coefficient (Wildman–Crippen LogP) is 3.55. The van der Waals surface area contributed by atoms with Gasteiger partial charge in [0.25, 0.3) is 0 Å². The van der Waals surface area contributed by atoms with Crippen molar-refractivity contribution >= 4 is 17.0 Å². The lowest BCUT2D eigenvalue weighted by atomic mass is 9.90. The molecule has 5 rings (SSSR count). The molecule has 1 unspecified atom stereocenters. The number of oxazole rings is 1. The van der Waals surface area contributed by atoms with Gasteiger partial charge >= 0.3 is 5.76 Å². The first-order chi connectivity index (χ1) is 16.1. The van der Waals surface area contributed by atoms with Gasteiger partial charge in [-0.25, -0.2) is 14.8 Å². The molecule has 0 saturated carbocycles. The van der Waals surface area contributed by atoms with Crippen molar-refractivity contribution in [3.05, 3.63) is 77.1 Å². The van der Waals surface area contributed by atoms with Crippen LogP contribution >= 0.6 is 0 Å². The number of aryl methyl sites for hydroxylation is 2. The van der Waals surface area contributed by atoms with E-state index >= 15 is 0 Å². The Labute approximate surface area is 190 Å². The Morgan fingerprint density at radius 2 is 2.00 bits per heavy atom. The van der Waals surface area contributed by atoms with Gasteiger partial charge in [-0.15, -0.1) is 0 Å². The number of hydrogen-bond donors (Lipinski definition) is 0. The fraction of sp³-hybridized carbons (Fsp3) is 0.320. The maximum Gasteiger partial charge on any atom is 0.419 e. The lowest BCUT2D eigenvalue weighted by Crippen LogP contribution is -2.40. The maximum atomic E-state index is 13.1. The molecule has 4 heterocycles. The largest absolute Gasteiger partial charge is 0.419 e. The van der Waals surface area contributed by atoms with Crippen molar-refractivity contribution in [1.82, 2.24) is 24.4 Å². The minimum atomic E-state index is -0.432. The van der Waals surface area contributed by atoms with Gasteiger partial charge in [0.1, 0.15) is 5.82 Å². The second kappa shape index (κ2) is 8.97. The Hall–Kier alpha value is -3.81. The highest BCUT2D eigenvalue weighted by Gasteiger charge is 2.28. The molecule has 0 spiro atoms. The minimum absolute atomic E-state index is 0.0353. The van der Waals surface area contributed by atoms with E-state index in [-0.39, 0.29) is 18.2 Å². The first kappa shape index (κ1) is 21.1. The molecule has 1 aliphatic rings. The van der Waals surface area contributed by atoms with E-state index in [2.05, 4.69) is 9.97 Å². The van der Waals surface area contributed by atoms with E-state index in [0.29, 0.717) is 30.7 Å². The van der Waals surface area contributed by atoms with Gasteiger partial charge in [0, 0.05) is 56.1 Å². The molecule has 1 saturated heterocycles. The summed E-state index contributed by atoms with van der Waals surface area (Å²) in [7, 11) is 0. The van der Waals surface area contributed by atoms with Crippen LogP contribution in [0.5, 0.6) is 0 Å². The highest BCUT2D eigenvalue weighted by atomic mass is 16.4. The summed E-state index contributed by atoms with van der Waals surface area (Å²) in [6.45, 7) is 3.50. The molecule has 0 N–H and O–H groups in total. The topological polar surface area (TPSA) is 94.1 Å². The van der Waals surface area contributed by atoms with Gasteiger partial charge in [-0.3, -0.25) is 14.3 Å². The number of likely N-dealkylation sites (tertiary alicyclic amines) is 1. The first-order valence-corrected chi connectivity index (χ1v) is 11.2. The fourth-order valence-electron chi connectivity index (χ4n) is 4.57. The van der Waals surface area contributed by atoms with Crippen molar-refractivity contribution < 1.29 is 9.21 Å². The van der Waals surface area contributed by atoms with E-state index in [1.807, 2.05) is 48.4 Å². The highest BCUT2D eigenvalue weighted by molar-refractivity contribution is 5.77. The van der Waals surface area contributed by atoms with E-state index in [1.165, 1.54) is 4.57 Å². The Morgan fingerprint density at radius 3 is 2.85 bits per heavy atom. The van der Waals surface area contributed by atoms with Crippen LogP contribution in [0, 0.1) is 6.92 Å². The van der Waals surface area contributed by atoms with Crippen molar-refractivity contribution in [1.29, 1.82) is 0 Å². The van der Waals surface area contributed by atoms with Crippen LogP contribution in [0.4, 0.5) is 0 Å². The molecule has 8 nitrogen and oxygen atoms in total. The second-order valence-corrected chi connectivity index (χ2v) is 8.37. The zero-order chi connectivity index (χ0) is 22.8. The molecule has 0 aliphatic carbocycles. The molecule has 4 aromatic rings. The van der Waals surface area contributed by atoms with Gasteiger partial charge in [-0.05, 0) is 49.6 Å². The summed E-state index contributed by atoms with van der Waals surface area (Å²) in [5.74, 6) is 0.453. The van der Waals surface area contributed by atoms with Crippen LogP contribution in [-0.2, 0) is 11.3 Å². The Balaban J connectivity index is 1.33. The van der Waals surface area contributed by atoms with Crippen molar-refractivity contribution in [3.8, 4) is 11.1 Å². The Kier molecular flexibility index (Phi) is 5.73. The molecule has 33 heavy (non-hydrogen) atoms. The number of rotatable bonds is 5. The number of nitrogens with zero attached hydrogens (tertiary/aromatic N) is 5. The Bertz CT molecular complexity index is 1350. The van der Waals surface area contributed by atoms with Gasteiger partial charge < -0.3 is 9.32 Å². The number of carbonyl (C=O) groups excluding carboxylic acids is 1. The van der Waals surface area contributed by atoms with Crippen molar-refractivity contribution in [2.75, 3.05) is 13.1 Å². The third-order valence-electron chi connectivity index (χ3n) is 6.21. The normalized spacial score (nSPS) is 16.3. The average Bonchev–Trinajstić information content (AvgIpc) is 3.18. The zero-order valence-corrected chi connectivity index (χ0v) is 18.5. The molecule has 3 aromatic heterocycles. The third-order valence-corrected chi connectivity index (χ3v) is 6.21. The van der Waals surface area contributed by atoms with Crippen molar-refractivity contribution in [3.63, 3.8) is 0 Å². The summed E-state index contributed by atoms with van der Waals surface area (Å²) in [5, 5.41) is 0. The van der Waals surface area contributed by atoms with Crippen molar-refractivity contribution in [2.45, 2.75) is 38.6 Å². The first-order valence-electron chi connectivity index (χ1n) is 11.2. The minimum Gasteiger partial charge on any atom is -0.408 e. The molecular weight excluding hydrogens is 418 g/mol. The van der Waals surface area contributed by atoms with Crippen LogP contribution in [-0.4, -0.2) is 43.4 Å². The SMILES string of the molecule is Cc1ncc(-c2ccncc2)c(C2CCCN(C(=O)CCn3c(=O)oc4ccccc43)C2)n1. The number of pyridine rings is 1. The molecule has 8 heteroatoms. The quantitative estimate of drug-likeness (QED) is 0.468. The molecule has 1 fully saturated rings. The predicted molar refractivity (Wildman–Crippen MR) is 124 cm³/mol. The Morgan fingerprint density at radius 1 is 1.18 bits per heavy atom. The summed E-state index contributed by atoms with van der Waals surface area (Å²) in [6.07, 6.45) is 7.50. The molecule has 1 amide bonds. The van der Waals surface area contributed by atoms with Crippen LogP contribution in [0.1, 0.15) is 36.7 Å². The van der Waals surface area contributed by atoms with Crippen LogP contribution in [0.2, 0.25) is 0 Å². The summed E-state index contributed by atoms with van der Waals surface area (Å²) < 4.78 is 6.81. The van der Waals surface area contributed by atoms with Crippen molar-refractivity contribution in [2.24, 2.45) is 0 Å². The lowest BCUT2D eigenvalue weighted by Gasteiger charge is -2.33. The van der Waals surface area contributed by atoms with Gasteiger partial charge in [-0.1, -0.05) is 12.1 Å². The lowest BCUT2D eigenvalue weighted by molar-refractivity contribution is -0.132. The molecule has 168 valence electrons. The molecule has 0 radical (unpaired) electrons. The van der Waals surface area contributed by atoms with Crippen LogP contribution in [0.3, 0.4) is 0 Å². The highest BCUT2D eigenvalue weighted by Crippen LogP contribution is 2.33. The average molecular weight is 444 g/mol. The molecule has 1 atom stereocenters. The smallest absolute Gasteiger partial charge is 0.408 e. The number of hydrogen-bond acceptors (Lipinski definition) is 6. The number of carbonyl (C=O) groups is 1. The monoisotopic (exact) mass is 443 g/mol. The van der Waals surface area contributed by atoms with Gasteiger partial charge in [0.15, 0.2) is 5.58 Å². The number of piperidine rings is 1. The van der Waals surface area contributed by atoms with Crippen LogP contribution in [0.15, 0.2) is 64.2 Å². The van der Waals surface area contributed by atoms with Gasteiger partial charge in [-0.2, -0.15) is 0 Å².